The minimum atomic E-state index is -0.243. The molecule has 0 radical (unpaired) electrons. The molecule has 2 heterocycles. The van der Waals surface area contributed by atoms with Crippen LogP contribution in [0, 0.1) is 5.82 Å². The number of nitrogens with zero attached hydrogens (tertiary/aromatic N) is 2. The second-order valence-corrected chi connectivity index (χ2v) is 7.23. The first kappa shape index (κ1) is 15.8. The molecule has 0 saturated carbocycles. The van der Waals surface area contributed by atoms with Crippen molar-refractivity contribution in [1.82, 2.24) is 15.1 Å². The SMILES string of the molecule is CC1SC(c2cccc(F)c2)N(CCN2CCNCC2)C1=O. The first-order valence-corrected chi connectivity index (χ1v) is 8.74. The molecule has 2 fully saturated rings. The molecular weight excluding hydrogens is 301 g/mol. The predicted molar refractivity (Wildman–Crippen MR) is 87.2 cm³/mol. The van der Waals surface area contributed by atoms with Gasteiger partial charge in [-0.25, -0.2) is 4.39 Å². The van der Waals surface area contributed by atoms with Crippen molar-refractivity contribution in [1.29, 1.82) is 0 Å². The molecule has 2 aliphatic heterocycles. The molecule has 2 saturated heterocycles. The second-order valence-electron chi connectivity index (χ2n) is 5.81. The monoisotopic (exact) mass is 323 g/mol. The summed E-state index contributed by atoms with van der Waals surface area (Å²) in [6.07, 6.45) is 0. The van der Waals surface area contributed by atoms with Gasteiger partial charge >= 0.3 is 0 Å². The van der Waals surface area contributed by atoms with Crippen LogP contribution in [0.15, 0.2) is 24.3 Å². The highest BCUT2D eigenvalue weighted by molar-refractivity contribution is 8.01. The summed E-state index contributed by atoms with van der Waals surface area (Å²) in [7, 11) is 0. The van der Waals surface area contributed by atoms with Crippen molar-refractivity contribution in [2.75, 3.05) is 39.3 Å². The molecule has 1 aromatic carbocycles. The largest absolute Gasteiger partial charge is 0.324 e. The Kier molecular flexibility index (Phi) is 5.00. The molecule has 2 aliphatic rings. The number of rotatable bonds is 4. The molecule has 0 bridgehead atoms. The standard InChI is InChI=1S/C16H22FN3OS/c1-12-15(21)20(10-9-19-7-5-18-6-8-19)16(22-12)13-3-2-4-14(17)11-13/h2-4,11-12,16,18H,5-10H2,1H3. The van der Waals surface area contributed by atoms with E-state index in [4.69, 9.17) is 0 Å². The number of amides is 1. The highest BCUT2D eigenvalue weighted by Crippen LogP contribution is 2.42. The molecule has 1 aromatic rings. The lowest BCUT2D eigenvalue weighted by atomic mass is 10.2. The summed E-state index contributed by atoms with van der Waals surface area (Å²) in [5, 5.41) is 3.20. The first-order chi connectivity index (χ1) is 10.6. The van der Waals surface area contributed by atoms with Crippen LogP contribution in [0.3, 0.4) is 0 Å². The van der Waals surface area contributed by atoms with Gasteiger partial charge in [-0.2, -0.15) is 0 Å². The second kappa shape index (κ2) is 6.98. The molecule has 0 spiro atoms. The number of benzene rings is 1. The van der Waals surface area contributed by atoms with E-state index in [2.05, 4.69) is 10.2 Å². The number of halogens is 1. The summed E-state index contributed by atoms with van der Waals surface area (Å²) >= 11 is 1.61. The fourth-order valence-corrected chi connectivity index (χ4v) is 4.30. The van der Waals surface area contributed by atoms with Gasteiger partial charge < -0.3 is 10.2 Å². The molecule has 0 aromatic heterocycles. The number of thioether (sulfide) groups is 1. The maximum atomic E-state index is 13.5. The maximum Gasteiger partial charge on any atom is 0.236 e. The zero-order valence-corrected chi connectivity index (χ0v) is 13.6. The summed E-state index contributed by atoms with van der Waals surface area (Å²) in [5.74, 6) is -0.0819. The van der Waals surface area contributed by atoms with Crippen molar-refractivity contribution in [2.45, 2.75) is 17.5 Å². The van der Waals surface area contributed by atoms with Crippen molar-refractivity contribution < 1.29 is 9.18 Å². The molecule has 120 valence electrons. The van der Waals surface area contributed by atoms with Crippen molar-refractivity contribution in [3.8, 4) is 0 Å². The van der Waals surface area contributed by atoms with Crippen LogP contribution in [0.4, 0.5) is 4.39 Å². The minimum absolute atomic E-state index is 0.0590. The third-order valence-electron chi connectivity index (χ3n) is 4.25. The average molecular weight is 323 g/mol. The Morgan fingerprint density at radius 3 is 2.82 bits per heavy atom. The fraction of sp³-hybridized carbons (Fsp3) is 0.562. The van der Waals surface area contributed by atoms with Gasteiger partial charge in [-0.3, -0.25) is 9.69 Å². The molecule has 2 unspecified atom stereocenters. The Hall–Kier alpha value is -1.11. The summed E-state index contributed by atoms with van der Waals surface area (Å²) in [4.78, 5) is 16.7. The zero-order valence-electron chi connectivity index (χ0n) is 12.8. The lowest BCUT2D eigenvalue weighted by Gasteiger charge is -2.31. The van der Waals surface area contributed by atoms with Gasteiger partial charge in [-0.1, -0.05) is 12.1 Å². The van der Waals surface area contributed by atoms with Gasteiger partial charge in [-0.05, 0) is 24.6 Å². The minimum Gasteiger partial charge on any atom is -0.324 e. The van der Waals surface area contributed by atoms with Crippen LogP contribution in [0.2, 0.25) is 0 Å². The van der Waals surface area contributed by atoms with E-state index in [1.165, 1.54) is 6.07 Å². The average Bonchev–Trinajstić information content (AvgIpc) is 2.82. The van der Waals surface area contributed by atoms with Crippen LogP contribution < -0.4 is 5.32 Å². The number of carbonyl (C=O) groups is 1. The van der Waals surface area contributed by atoms with Gasteiger partial charge in [0, 0.05) is 39.3 Å². The van der Waals surface area contributed by atoms with E-state index in [1.54, 1.807) is 23.9 Å². The molecule has 0 aliphatic carbocycles. The van der Waals surface area contributed by atoms with Crippen LogP contribution in [0.1, 0.15) is 17.9 Å². The zero-order chi connectivity index (χ0) is 15.5. The third kappa shape index (κ3) is 3.45. The Labute approximate surface area is 135 Å². The van der Waals surface area contributed by atoms with E-state index >= 15 is 0 Å². The van der Waals surface area contributed by atoms with Gasteiger partial charge in [0.25, 0.3) is 0 Å². The van der Waals surface area contributed by atoms with Gasteiger partial charge in [-0.15, -0.1) is 11.8 Å². The summed E-state index contributed by atoms with van der Waals surface area (Å²) < 4.78 is 13.5. The number of hydrogen-bond acceptors (Lipinski definition) is 4. The molecule has 3 rings (SSSR count). The number of hydrogen-bond donors (Lipinski definition) is 1. The Morgan fingerprint density at radius 1 is 1.32 bits per heavy atom. The quantitative estimate of drug-likeness (QED) is 0.915. The van der Waals surface area contributed by atoms with Crippen LogP contribution in [0.25, 0.3) is 0 Å². The fourth-order valence-electron chi connectivity index (χ4n) is 3.00. The maximum absolute atomic E-state index is 13.5. The molecule has 1 amide bonds. The summed E-state index contributed by atoms with van der Waals surface area (Å²) in [6, 6.07) is 6.61. The third-order valence-corrected chi connectivity index (χ3v) is 5.64. The normalized spacial score (nSPS) is 26.6. The van der Waals surface area contributed by atoms with Gasteiger partial charge in [0.1, 0.15) is 11.2 Å². The van der Waals surface area contributed by atoms with Gasteiger partial charge in [0.2, 0.25) is 5.91 Å². The molecule has 6 heteroatoms. The van der Waals surface area contributed by atoms with Crippen LogP contribution in [-0.2, 0) is 4.79 Å². The van der Waals surface area contributed by atoms with E-state index in [-0.39, 0.29) is 22.3 Å². The first-order valence-electron chi connectivity index (χ1n) is 7.79. The Bertz CT molecular complexity index is 536. The predicted octanol–water partition coefficient (Wildman–Crippen LogP) is 1.69. The Morgan fingerprint density at radius 2 is 2.09 bits per heavy atom. The molecule has 2 atom stereocenters. The number of carbonyl (C=O) groups excluding carboxylic acids is 1. The van der Waals surface area contributed by atoms with E-state index in [0.717, 1.165) is 38.3 Å². The molecule has 1 N–H and O–H groups in total. The van der Waals surface area contributed by atoms with Crippen molar-refractivity contribution in [2.24, 2.45) is 0 Å². The van der Waals surface area contributed by atoms with Crippen molar-refractivity contribution >= 4 is 17.7 Å². The molecule has 4 nitrogen and oxygen atoms in total. The van der Waals surface area contributed by atoms with Crippen molar-refractivity contribution in [3.05, 3.63) is 35.6 Å². The van der Waals surface area contributed by atoms with Gasteiger partial charge in [0.15, 0.2) is 0 Å². The van der Waals surface area contributed by atoms with E-state index < -0.39 is 0 Å². The van der Waals surface area contributed by atoms with Crippen LogP contribution in [-0.4, -0.2) is 60.2 Å². The smallest absolute Gasteiger partial charge is 0.236 e. The van der Waals surface area contributed by atoms with E-state index in [1.807, 2.05) is 17.9 Å². The van der Waals surface area contributed by atoms with Crippen LogP contribution in [0.5, 0.6) is 0 Å². The summed E-state index contributed by atoms with van der Waals surface area (Å²) in [5.41, 5.74) is 0.878. The highest BCUT2D eigenvalue weighted by atomic mass is 32.2. The summed E-state index contributed by atoms with van der Waals surface area (Å²) in [6.45, 7) is 7.58. The topological polar surface area (TPSA) is 35.6 Å². The molecule has 22 heavy (non-hydrogen) atoms. The number of nitrogens with one attached hydrogen (secondary N) is 1. The van der Waals surface area contributed by atoms with Crippen LogP contribution >= 0.6 is 11.8 Å². The lowest BCUT2D eigenvalue weighted by Crippen LogP contribution is -2.46. The molecular formula is C16H22FN3OS. The lowest BCUT2D eigenvalue weighted by molar-refractivity contribution is -0.130. The van der Waals surface area contributed by atoms with Gasteiger partial charge in [0.05, 0.1) is 5.25 Å². The highest BCUT2D eigenvalue weighted by Gasteiger charge is 2.38. The Balaban J connectivity index is 1.69. The number of piperazine rings is 1. The van der Waals surface area contributed by atoms with Crippen molar-refractivity contribution in [3.63, 3.8) is 0 Å². The van der Waals surface area contributed by atoms with E-state index in [9.17, 15) is 9.18 Å². The van der Waals surface area contributed by atoms with E-state index in [0.29, 0.717) is 6.54 Å².